The van der Waals surface area contributed by atoms with Crippen molar-refractivity contribution in [1.29, 1.82) is 0 Å². The summed E-state index contributed by atoms with van der Waals surface area (Å²) in [6, 6.07) is 7.46. The summed E-state index contributed by atoms with van der Waals surface area (Å²) in [4.78, 5) is 15.5. The highest BCUT2D eigenvalue weighted by molar-refractivity contribution is 14.0. The number of nitrogens with one attached hydrogen (secondary N) is 2. The highest BCUT2D eigenvalue weighted by atomic mass is 127. The number of carbonyl (C=O) groups excluding carboxylic acids is 1. The van der Waals surface area contributed by atoms with Crippen LogP contribution in [0.5, 0.6) is 5.75 Å². The Balaban J connectivity index is 0.00000392. The Labute approximate surface area is 182 Å². The molecule has 0 aliphatic heterocycles. The minimum atomic E-state index is -0.502. The second-order valence-corrected chi connectivity index (χ2v) is 6.22. The van der Waals surface area contributed by atoms with E-state index in [1.807, 2.05) is 43.8 Å². The number of primary amides is 1. The van der Waals surface area contributed by atoms with Crippen LogP contribution in [0.1, 0.15) is 29.4 Å². The number of rotatable bonds is 8. The molecule has 0 aliphatic rings. The lowest BCUT2D eigenvalue weighted by Crippen LogP contribution is -2.37. The van der Waals surface area contributed by atoms with Crippen molar-refractivity contribution in [2.75, 3.05) is 13.2 Å². The largest absolute Gasteiger partial charge is 0.484 e. The maximum Gasteiger partial charge on any atom is 0.255 e. The Hall–Kier alpha value is -2.30. The fraction of sp³-hybridized carbons (Fsp3) is 0.421. The number of amides is 1. The zero-order chi connectivity index (χ0) is 19.8. The number of carbonyl (C=O) groups is 1. The fourth-order valence-corrected chi connectivity index (χ4v) is 2.65. The Morgan fingerprint density at radius 3 is 2.68 bits per heavy atom. The number of guanidine groups is 1. The second kappa shape index (κ2) is 11.5. The van der Waals surface area contributed by atoms with Gasteiger partial charge in [-0.1, -0.05) is 12.1 Å². The van der Waals surface area contributed by atoms with Crippen LogP contribution < -0.4 is 21.1 Å². The number of halogens is 1. The van der Waals surface area contributed by atoms with Crippen molar-refractivity contribution in [2.45, 2.75) is 33.9 Å². The van der Waals surface area contributed by atoms with E-state index in [2.05, 4.69) is 27.6 Å². The fourth-order valence-electron chi connectivity index (χ4n) is 2.65. The number of nitrogens with two attached hydrogens (primary N) is 1. The van der Waals surface area contributed by atoms with Crippen LogP contribution >= 0.6 is 24.0 Å². The first kappa shape index (κ1) is 23.7. The molecule has 4 N–H and O–H groups in total. The molecule has 1 aromatic carbocycles. The third kappa shape index (κ3) is 7.02. The predicted molar refractivity (Wildman–Crippen MR) is 121 cm³/mol. The monoisotopic (exact) mass is 500 g/mol. The predicted octanol–water partition coefficient (Wildman–Crippen LogP) is 1.77. The topological polar surface area (TPSA) is 107 Å². The third-order valence-electron chi connectivity index (χ3n) is 4.13. The molecule has 0 saturated heterocycles. The number of nitrogens with zero attached hydrogens (tertiary/aromatic N) is 3. The van der Waals surface area contributed by atoms with E-state index in [1.165, 1.54) is 5.56 Å². The summed E-state index contributed by atoms with van der Waals surface area (Å²) >= 11 is 0. The van der Waals surface area contributed by atoms with Crippen LogP contribution in [-0.4, -0.2) is 34.8 Å². The normalized spacial score (nSPS) is 10.9. The van der Waals surface area contributed by atoms with Gasteiger partial charge in [-0.25, -0.2) is 4.99 Å². The lowest BCUT2D eigenvalue weighted by molar-refractivity contribution is -0.119. The van der Waals surface area contributed by atoms with Gasteiger partial charge in [0.1, 0.15) is 5.75 Å². The molecular weight excluding hydrogens is 471 g/mol. The molecule has 0 bridgehead atoms. The summed E-state index contributed by atoms with van der Waals surface area (Å²) in [5, 5.41) is 11.0. The van der Waals surface area contributed by atoms with Gasteiger partial charge in [0.25, 0.3) is 5.91 Å². The molecule has 1 aromatic heterocycles. The highest BCUT2D eigenvalue weighted by Crippen LogP contribution is 2.14. The Morgan fingerprint density at radius 2 is 2.07 bits per heavy atom. The van der Waals surface area contributed by atoms with Gasteiger partial charge in [-0.05, 0) is 38.5 Å². The first-order valence-corrected chi connectivity index (χ1v) is 8.92. The number of aromatic nitrogens is 2. The van der Waals surface area contributed by atoms with Crippen LogP contribution in [-0.2, 0) is 24.9 Å². The average molecular weight is 500 g/mol. The molecule has 8 nitrogen and oxygen atoms in total. The molecular formula is C19H29IN6O2. The Bertz CT molecular complexity index is 819. The van der Waals surface area contributed by atoms with Gasteiger partial charge in [0.15, 0.2) is 12.6 Å². The summed E-state index contributed by atoms with van der Waals surface area (Å²) in [5.74, 6) is 0.822. The van der Waals surface area contributed by atoms with Crippen molar-refractivity contribution in [1.82, 2.24) is 20.4 Å². The van der Waals surface area contributed by atoms with Crippen LogP contribution in [0.2, 0.25) is 0 Å². The maximum atomic E-state index is 10.8. The minimum absolute atomic E-state index is 0. The molecule has 0 spiro atoms. The average Bonchev–Trinajstić information content (AvgIpc) is 2.88. The van der Waals surface area contributed by atoms with Crippen molar-refractivity contribution < 1.29 is 9.53 Å². The minimum Gasteiger partial charge on any atom is -0.484 e. The molecule has 0 atom stereocenters. The number of aryl methyl sites for hydroxylation is 2. The molecule has 154 valence electrons. The number of ether oxygens (including phenoxy) is 1. The zero-order valence-electron chi connectivity index (χ0n) is 16.8. The van der Waals surface area contributed by atoms with Gasteiger partial charge >= 0.3 is 0 Å². The number of hydrogen-bond donors (Lipinski definition) is 3. The third-order valence-corrected chi connectivity index (χ3v) is 4.13. The van der Waals surface area contributed by atoms with Crippen LogP contribution in [0.4, 0.5) is 0 Å². The lowest BCUT2D eigenvalue weighted by Gasteiger charge is -2.12. The lowest BCUT2D eigenvalue weighted by atomic mass is 10.2. The number of hydrogen-bond acceptors (Lipinski definition) is 4. The van der Waals surface area contributed by atoms with E-state index in [1.54, 1.807) is 6.07 Å². The highest BCUT2D eigenvalue weighted by Gasteiger charge is 2.09. The molecule has 1 heterocycles. The second-order valence-electron chi connectivity index (χ2n) is 6.22. The molecule has 9 heteroatoms. The van der Waals surface area contributed by atoms with Crippen molar-refractivity contribution in [3.8, 4) is 5.75 Å². The quantitative estimate of drug-likeness (QED) is 0.291. The summed E-state index contributed by atoms with van der Waals surface area (Å²) < 4.78 is 7.22. The van der Waals surface area contributed by atoms with E-state index in [9.17, 15) is 4.79 Å². The molecule has 0 saturated carbocycles. The van der Waals surface area contributed by atoms with Crippen LogP contribution in [0.15, 0.2) is 29.3 Å². The van der Waals surface area contributed by atoms with E-state index in [0.29, 0.717) is 18.8 Å². The smallest absolute Gasteiger partial charge is 0.255 e. The maximum absolute atomic E-state index is 10.8. The van der Waals surface area contributed by atoms with Crippen molar-refractivity contribution >= 4 is 35.8 Å². The molecule has 2 aromatic rings. The van der Waals surface area contributed by atoms with E-state index in [-0.39, 0.29) is 30.6 Å². The Kier molecular flexibility index (Phi) is 9.77. The molecule has 0 unspecified atom stereocenters. The summed E-state index contributed by atoms with van der Waals surface area (Å²) in [5.41, 5.74) is 9.40. The first-order chi connectivity index (χ1) is 12.9. The van der Waals surface area contributed by atoms with Crippen molar-refractivity contribution in [3.05, 3.63) is 46.8 Å². The van der Waals surface area contributed by atoms with Crippen molar-refractivity contribution in [3.63, 3.8) is 0 Å². The van der Waals surface area contributed by atoms with Gasteiger partial charge in [0.05, 0.1) is 12.2 Å². The van der Waals surface area contributed by atoms with E-state index < -0.39 is 5.91 Å². The Morgan fingerprint density at radius 1 is 1.32 bits per heavy atom. The summed E-state index contributed by atoms with van der Waals surface area (Å²) in [6.07, 6.45) is 0. The van der Waals surface area contributed by atoms with Gasteiger partial charge < -0.3 is 21.1 Å². The van der Waals surface area contributed by atoms with E-state index in [0.717, 1.165) is 29.5 Å². The SMILES string of the molecule is CCNC(=NCc1cccc(OCC(N)=O)c1)NCc1c(C)nn(C)c1C.I. The molecule has 2 rings (SSSR count). The molecule has 0 aliphatic carbocycles. The first-order valence-electron chi connectivity index (χ1n) is 8.92. The van der Waals surface area contributed by atoms with Gasteiger partial charge in [-0.15, -0.1) is 24.0 Å². The zero-order valence-corrected chi connectivity index (χ0v) is 19.1. The molecule has 1 amide bonds. The van der Waals surface area contributed by atoms with Gasteiger partial charge in [-0.3, -0.25) is 9.48 Å². The van der Waals surface area contributed by atoms with E-state index >= 15 is 0 Å². The molecule has 0 radical (unpaired) electrons. The van der Waals surface area contributed by atoms with Crippen LogP contribution in [0.3, 0.4) is 0 Å². The van der Waals surface area contributed by atoms with Crippen LogP contribution in [0, 0.1) is 13.8 Å². The van der Waals surface area contributed by atoms with E-state index in [4.69, 9.17) is 10.5 Å². The van der Waals surface area contributed by atoms with Gasteiger partial charge in [0.2, 0.25) is 0 Å². The van der Waals surface area contributed by atoms with Gasteiger partial charge in [-0.2, -0.15) is 5.10 Å². The standard InChI is InChI=1S/C19H28N6O2.HI/c1-5-21-19(23-11-17-13(2)24-25(4)14(17)3)22-10-15-7-6-8-16(9-15)27-12-18(20)26;/h6-9H,5,10-12H2,1-4H3,(H2,20,26)(H2,21,22,23);1H. The van der Waals surface area contributed by atoms with Gasteiger partial charge in [0, 0.05) is 31.4 Å². The summed E-state index contributed by atoms with van der Waals surface area (Å²) in [6.45, 7) is 7.84. The molecule has 0 fully saturated rings. The molecule has 28 heavy (non-hydrogen) atoms. The number of aliphatic imine (C=N–C) groups is 1. The summed E-state index contributed by atoms with van der Waals surface area (Å²) in [7, 11) is 1.94. The van der Waals surface area contributed by atoms with Crippen LogP contribution in [0.25, 0.3) is 0 Å². The van der Waals surface area contributed by atoms with Crippen molar-refractivity contribution in [2.24, 2.45) is 17.8 Å². The number of benzene rings is 1.